The number of aromatic nitrogens is 2. The number of imidazole rings is 1. The summed E-state index contributed by atoms with van der Waals surface area (Å²) in [5, 5.41) is 0.717. The lowest BCUT2D eigenvalue weighted by atomic mass is 10.2. The molecule has 3 rings (SSSR count). The van der Waals surface area contributed by atoms with Crippen LogP contribution in [0.3, 0.4) is 0 Å². The summed E-state index contributed by atoms with van der Waals surface area (Å²) in [5.41, 5.74) is 2.07. The molecule has 1 heterocycles. The Morgan fingerprint density at radius 3 is 3.00 bits per heavy atom. The molecule has 1 aliphatic carbocycles. The smallest absolute Gasteiger partial charge is 0.111 e. The van der Waals surface area contributed by atoms with Gasteiger partial charge in [0.15, 0.2) is 0 Å². The lowest BCUT2D eigenvalue weighted by molar-refractivity contribution is 0.0753. The number of halogens is 2. The Morgan fingerprint density at radius 1 is 1.40 bits per heavy atom. The average Bonchev–Trinajstić information content (AvgIpc) is 3.01. The van der Waals surface area contributed by atoms with Crippen LogP contribution in [0.2, 0.25) is 5.02 Å². The van der Waals surface area contributed by atoms with Crippen molar-refractivity contribution in [3.05, 3.63) is 29.0 Å². The van der Waals surface area contributed by atoms with Gasteiger partial charge >= 0.3 is 0 Å². The molecule has 0 saturated heterocycles. The molecule has 2 atom stereocenters. The number of nitrogens with zero attached hydrogens (tertiary/aromatic N) is 2. The second kappa shape index (κ2) is 5.92. The van der Waals surface area contributed by atoms with Gasteiger partial charge in [0.2, 0.25) is 0 Å². The molecular formula is C15H18Cl2N2O. The third-order valence-corrected chi connectivity index (χ3v) is 4.52. The Balaban J connectivity index is 2.13. The van der Waals surface area contributed by atoms with Gasteiger partial charge in [0.05, 0.1) is 23.2 Å². The van der Waals surface area contributed by atoms with Crippen LogP contribution in [0.25, 0.3) is 11.0 Å². The third kappa shape index (κ3) is 2.43. The minimum atomic E-state index is 0.261. The Bertz CT molecular complexity index is 611. The molecule has 1 aromatic carbocycles. The molecule has 0 bridgehead atoms. The molecule has 1 saturated carbocycles. The highest BCUT2D eigenvalue weighted by Gasteiger charge is 2.31. The first kappa shape index (κ1) is 14.2. The predicted octanol–water partition coefficient (Wildman–Crippen LogP) is 4.21. The van der Waals surface area contributed by atoms with Crippen LogP contribution in [0.5, 0.6) is 0 Å². The molecule has 1 aliphatic rings. The van der Waals surface area contributed by atoms with E-state index in [9.17, 15) is 0 Å². The van der Waals surface area contributed by atoms with E-state index in [4.69, 9.17) is 32.9 Å². The van der Waals surface area contributed by atoms with E-state index >= 15 is 0 Å². The number of fused-ring (bicyclic) bond motifs is 1. The highest BCUT2D eigenvalue weighted by molar-refractivity contribution is 6.31. The highest BCUT2D eigenvalue weighted by Crippen LogP contribution is 2.36. The van der Waals surface area contributed by atoms with E-state index in [2.05, 4.69) is 4.57 Å². The molecule has 2 aromatic rings. The van der Waals surface area contributed by atoms with Crippen molar-refractivity contribution in [2.75, 3.05) is 13.0 Å². The Morgan fingerprint density at radius 2 is 2.25 bits per heavy atom. The summed E-state index contributed by atoms with van der Waals surface area (Å²) in [4.78, 5) is 4.72. The molecule has 20 heavy (non-hydrogen) atoms. The Labute approximate surface area is 128 Å². The Kier molecular flexibility index (Phi) is 4.20. The lowest BCUT2D eigenvalue weighted by Gasteiger charge is -2.22. The maximum absolute atomic E-state index is 6.07. The predicted molar refractivity (Wildman–Crippen MR) is 82.9 cm³/mol. The van der Waals surface area contributed by atoms with E-state index in [1.54, 1.807) is 7.11 Å². The summed E-state index contributed by atoms with van der Waals surface area (Å²) in [6.07, 6.45) is 4.45. The van der Waals surface area contributed by atoms with Crippen molar-refractivity contribution in [2.45, 2.75) is 37.8 Å². The van der Waals surface area contributed by atoms with Crippen molar-refractivity contribution in [1.29, 1.82) is 0 Å². The summed E-state index contributed by atoms with van der Waals surface area (Å²) >= 11 is 12.0. The second-order valence-electron chi connectivity index (χ2n) is 5.24. The van der Waals surface area contributed by atoms with Crippen molar-refractivity contribution >= 4 is 34.2 Å². The van der Waals surface area contributed by atoms with Crippen LogP contribution in [0.1, 0.15) is 31.1 Å². The van der Waals surface area contributed by atoms with Crippen LogP contribution in [0, 0.1) is 0 Å². The van der Waals surface area contributed by atoms with E-state index in [-0.39, 0.29) is 6.10 Å². The average molecular weight is 313 g/mol. The second-order valence-corrected chi connectivity index (χ2v) is 6.06. The van der Waals surface area contributed by atoms with Gasteiger partial charge in [0.1, 0.15) is 5.82 Å². The van der Waals surface area contributed by atoms with E-state index in [0.29, 0.717) is 16.9 Å². The maximum atomic E-state index is 6.07. The first-order valence-electron chi connectivity index (χ1n) is 6.99. The molecule has 108 valence electrons. The summed E-state index contributed by atoms with van der Waals surface area (Å²) in [5.74, 6) is 1.60. The fourth-order valence-electron chi connectivity index (χ4n) is 3.23. The van der Waals surface area contributed by atoms with E-state index in [1.807, 2.05) is 18.2 Å². The van der Waals surface area contributed by atoms with Crippen molar-refractivity contribution < 1.29 is 4.74 Å². The minimum absolute atomic E-state index is 0.261. The van der Waals surface area contributed by atoms with Crippen molar-refractivity contribution in [2.24, 2.45) is 0 Å². The van der Waals surface area contributed by atoms with Gasteiger partial charge in [0, 0.05) is 24.4 Å². The zero-order valence-electron chi connectivity index (χ0n) is 11.5. The zero-order valence-corrected chi connectivity index (χ0v) is 13.0. The number of benzene rings is 1. The normalized spacial score (nSPS) is 22.8. The van der Waals surface area contributed by atoms with Gasteiger partial charge in [-0.15, -0.1) is 11.6 Å². The van der Waals surface area contributed by atoms with Gasteiger partial charge in [-0.05, 0) is 37.5 Å². The van der Waals surface area contributed by atoms with Crippen LogP contribution in [-0.4, -0.2) is 28.6 Å². The molecule has 0 N–H and O–H groups in total. The van der Waals surface area contributed by atoms with Crippen LogP contribution >= 0.6 is 23.2 Å². The first-order chi connectivity index (χ1) is 9.74. The zero-order chi connectivity index (χ0) is 14.1. The number of alkyl halides is 1. The fourth-order valence-corrected chi connectivity index (χ4v) is 3.56. The van der Waals surface area contributed by atoms with Gasteiger partial charge in [-0.1, -0.05) is 11.6 Å². The third-order valence-electron chi connectivity index (χ3n) is 4.09. The number of hydrogen-bond acceptors (Lipinski definition) is 2. The molecule has 0 aliphatic heterocycles. The summed E-state index contributed by atoms with van der Waals surface area (Å²) in [7, 11) is 1.79. The van der Waals surface area contributed by atoms with Crippen molar-refractivity contribution in [3.8, 4) is 0 Å². The number of methoxy groups -OCH3 is 1. The number of aryl methyl sites for hydroxylation is 1. The number of hydrogen-bond donors (Lipinski definition) is 0. The summed E-state index contributed by atoms with van der Waals surface area (Å²) < 4.78 is 7.96. The van der Waals surface area contributed by atoms with E-state index in [0.717, 1.165) is 36.1 Å². The molecule has 1 fully saturated rings. The highest BCUT2D eigenvalue weighted by atomic mass is 35.5. The molecule has 0 radical (unpaired) electrons. The van der Waals surface area contributed by atoms with Gasteiger partial charge < -0.3 is 9.30 Å². The monoisotopic (exact) mass is 312 g/mol. The van der Waals surface area contributed by atoms with Crippen molar-refractivity contribution in [1.82, 2.24) is 9.55 Å². The minimum Gasteiger partial charge on any atom is -0.379 e. The maximum Gasteiger partial charge on any atom is 0.111 e. The summed E-state index contributed by atoms with van der Waals surface area (Å²) in [6.45, 7) is 0. The van der Waals surface area contributed by atoms with Crippen LogP contribution in [-0.2, 0) is 11.2 Å². The van der Waals surface area contributed by atoms with Gasteiger partial charge in [0.25, 0.3) is 0 Å². The number of rotatable bonds is 4. The van der Waals surface area contributed by atoms with Crippen molar-refractivity contribution in [3.63, 3.8) is 0 Å². The molecule has 3 nitrogen and oxygen atoms in total. The molecule has 0 amide bonds. The van der Waals surface area contributed by atoms with Gasteiger partial charge in [-0.25, -0.2) is 4.98 Å². The van der Waals surface area contributed by atoms with E-state index in [1.165, 1.54) is 6.42 Å². The first-order valence-corrected chi connectivity index (χ1v) is 7.91. The van der Waals surface area contributed by atoms with Gasteiger partial charge in [-0.2, -0.15) is 0 Å². The van der Waals surface area contributed by atoms with Gasteiger partial charge in [-0.3, -0.25) is 0 Å². The standard InChI is InChI=1S/C15H18Cl2N2O/c1-20-14-4-2-3-13(14)19-12-6-5-10(17)9-11(12)18-15(19)7-8-16/h5-6,9,13-14H,2-4,7-8H2,1H3. The Hall–Kier alpha value is -0.770. The van der Waals surface area contributed by atoms with Crippen LogP contribution < -0.4 is 0 Å². The molecular weight excluding hydrogens is 295 g/mol. The SMILES string of the molecule is COC1CCCC1n1c(CCCl)nc2cc(Cl)ccc21. The largest absolute Gasteiger partial charge is 0.379 e. The van der Waals surface area contributed by atoms with Crippen LogP contribution in [0.4, 0.5) is 0 Å². The quantitative estimate of drug-likeness (QED) is 0.791. The number of ether oxygens (including phenoxy) is 1. The lowest BCUT2D eigenvalue weighted by Crippen LogP contribution is -2.22. The topological polar surface area (TPSA) is 27.1 Å². The molecule has 0 spiro atoms. The summed E-state index contributed by atoms with van der Waals surface area (Å²) in [6, 6.07) is 6.24. The molecule has 1 aromatic heterocycles. The van der Waals surface area contributed by atoms with Crippen LogP contribution in [0.15, 0.2) is 18.2 Å². The van der Waals surface area contributed by atoms with E-state index < -0.39 is 0 Å². The molecule has 2 unspecified atom stereocenters. The fraction of sp³-hybridized carbons (Fsp3) is 0.533. The molecule has 5 heteroatoms.